The molecule has 3 rings (SSSR count). The molecule has 4 heteroatoms. The number of benzene rings is 1. The summed E-state index contributed by atoms with van der Waals surface area (Å²) in [6, 6.07) is 6.29. The van der Waals surface area contributed by atoms with E-state index in [9.17, 15) is 14.3 Å². The SMILES string of the molecule is O=C(NCC(O)C1CCCC1)C1(c2cccc(F)c2)CC1. The second kappa shape index (κ2) is 5.76. The third-order valence-corrected chi connectivity index (χ3v) is 4.98. The minimum absolute atomic E-state index is 0.0786. The van der Waals surface area contributed by atoms with E-state index in [0.29, 0.717) is 12.5 Å². The summed E-state index contributed by atoms with van der Waals surface area (Å²) < 4.78 is 13.3. The Labute approximate surface area is 124 Å². The number of aliphatic hydroxyl groups is 1. The van der Waals surface area contributed by atoms with Crippen LogP contribution in [0.5, 0.6) is 0 Å². The quantitative estimate of drug-likeness (QED) is 0.876. The number of carbonyl (C=O) groups excluding carboxylic acids is 1. The average molecular weight is 291 g/mol. The van der Waals surface area contributed by atoms with Gasteiger partial charge in [-0.15, -0.1) is 0 Å². The molecule has 1 aromatic carbocycles. The Balaban J connectivity index is 1.60. The fourth-order valence-electron chi connectivity index (χ4n) is 3.43. The van der Waals surface area contributed by atoms with E-state index >= 15 is 0 Å². The molecule has 2 aliphatic carbocycles. The Hall–Kier alpha value is -1.42. The third kappa shape index (κ3) is 2.95. The Bertz CT molecular complexity index is 521. The second-order valence-corrected chi connectivity index (χ2v) is 6.41. The molecular formula is C17H22FNO2. The minimum Gasteiger partial charge on any atom is -0.391 e. The Kier molecular flexibility index (Phi) is 3.98. The van der Waals surface area contributed by atoms with Crippen LogP contribution in [0.2, 0.25) is 0 Å². The predicted octanol–water partition coefficient (Wildman–Crippen LogP) is 2.52. The molecule has 3 nitrogen and oxygen atoms in total. The smallest absolute Gasteiger partial charge is 0.230 e. The van der Waals surface area contributed by atoms with E-state index in [-0.39, 0.29) is 11.7 Å². The van der Waals surface area contributed by atoms with Gasteiger partial charge in [0.2, 0.25) is 5.91 Å². The highest BCUT2D eigenvalue weighted by atomic mass is 19.1. The summed E-state index contributed by atoms with van der Waals surface area (Å²) in [6.45, 7) is 0.306. The number of nitrogens with one attached hydrogen (secondary N) is 1. The molecule has 0 saturated heterocycles. The third-order valence-electron chi connectivity index (χ3n) is 4.98. The van der Waals surface area contributed by atoms with Gasteiger partial charge in [-0.2, -0.15) is 0 Å². The summed E-state index contributed by atoms with van der Waals surface area (Å²) in [7, 11) is 0. The highest BCUT2D eigenvalue weighted by Crippen LogP contribution is 2.48. The van der Waals surface area contributed by atoms with Crippen molar-refractivity contribution in [2.45, 2.75) is 50.0 Å². The molecule has 0 radical (unpaired) electrons. The van der Waals surface area contributed by atoms with E-state index in [0.717, 1.165) is 31.2 Å². The Morgan fingerprint density at radius 2 is 2.10 bits per heavy atom. The number of halogens is 1. The van der Waals surface area contributed by atoms with Crippen molar-refractivity contribution >= 4 is 5.91 Å². The van der Waals surface area contributed by atoms with Crippen molar-refractivity contribution in [1.29, 1.82) is 0 Å². The molecule has 2 fully saturated rings. The van der Waals surface area contributed by atoms with Gasteiger partial charge in [-0.05, 0) is 49.3 Å². The maximum atomic E-state index is 13.3. The zero-order valence-corrected chi connectivity index (χ0v) is 12.1. The molecule has 0 aromatic heterocycles. The van der Waals surface area contributed by atoms with Gasteiger partial charge in [-0.3, -0.25) is 4.79 Å². The van der Waals surface area contributed by atoms with Crippen molar-refractivity contribution in [1.82, 2.24) is 5.32 Å². The van der Waals surface area contributed by atoms with Gasteiger partial charge >= 0.3 is 0 Å². The largest absolute Gasteiger partial charge is 0.391 e. The molecule has 0 spiro atoms. The van der Waals surface area contributed by atoms with Crippen LogP contribution in [0.4, 0.5) is 4.39 Å². The summed E-state index contributed by atoms with van der Waals surface area (Å²) in [6.07, 6.45) is 5.48. The zero-order chi connectivity index (χ0) is 14.9. The lowest BCUT2D eigenvalue weighted by molar-refractivity contribution is -0.124. The maximum Gasteiger partial charge on any atom is 0.230 e. The van der Waals surface area contributed by atoms with Crippen molar-refractivity contribution < 1.29 is 14.3 Å². The van der Waals surface area contributed by atoms with Gasteiger partial charge in [0.1, 0.15) is 5.82 Å². The molecular weight excluding hydrogens is 269 g/mol. The number of carbonyl (C=O) groups is 1. The monoisotopic (exact) mass is 291 g/mol. The average Bonchev–Trinajstić information content (AvgIpc) is 3.12. The van der Waals surface area contributed by atoms with Gasteiger partial charge in [-0.1, -0.05) is 25.0 Å². The van der Waals surface area contributed by atoms with Crippen LogP contribution >= 0.6 is 0 Å². The van der Waals surface area contributed by atoms with Gasteiger partial charge in [0.15, 0.2) is 0 Å². The van der Waals surface area contributed by atoms with Gasteiger partial charge in [0.05, 0.1) is 11.5 Å². The maximum absolute atomic E-state index is 13.3. The van der Waals surface area contributed by atoms with Crippen LogP contribution in [0, 0.1) is 11.7 Å². The number of rotatable bonds is 5. The molecule has 114 valence electrons. The van der Waals surface area contributed by atoms with Crippen molar-refractivity contribution in [2.24, 2.45) is 5.92 Å². The molecule has 2 N–H and O–H groups in total. The standard InChI is InChI=1S/C17H22FNO2/c18-14-7-3-6-13(10-14)17(8-9-17)16(21)19-11-15(20)12-4-1-2-5-12/h3,6-7,10,12,15,20H,1-2,4-5,8-9,11H2,(H,19,21). The summed E-state index contributed by atoms with van der Waals surface area (Å²) in [4.78, 5) is 12.4. The van der Waals surface area contributed by atoms with Crippen LogP contribution in [-0.4, -0.2) is 23.7 Å². The fourth-order valence-corrected chi connectivity index (χ4v) is 3.43. The van der Waals surface area contributed by atoms with E-state index in [1.54, 1.807) is 6.07 Å². The van der Waals surface area contributed by atoms with Crippen LogP contribution in [0.3, 0.4) is 0 Å². The summed E-state index contributed by atoms with van der Waals surface area (Å²) in [5, 5.41) is 13.0. The molecule has 1 unspecified atom stereocenters. The second-order valence-electron chi connectivity index (χ2n) is 6.41. The Morgan fingerprint density at radius 1 is 1.38 bits per heavy atom. The van der Waals surface area contributed by atoms with Crippen LogP contribution in [0.25, 0.3) is 0 Å². The molecule has 0 bridgehead atoms. The highest BCUT2D eigenvalue weighted by molar-refractivity contribution is 5.91. The summed E-state index contributed by atoms with van der Waals surface area (Å²) >= 11 is 0. The lowest BCUT2D eigenvalue weighted by Gasteiger charge is -2.21. The van der Waals surface area contributed by atoms with Gasteiger partial charge in [0.25, 0.3) is 0 Å². The fraction of sp³-hybridized carbons (Fsp3) is 0.588. The van der Waals surface area contributed by atoms with E-state index in [1.165, 1.54) is 25.0 Å². The topological polar surface area (TPSA) is 49.3 Å². The first-order valence-corrected chi connectivity index (χ1v) is 7.84. The van der Waals surface area contributed by atoms with Gasteiger partial charge < -0.3 is 10.4 Å². The minimum atomic E-state index is -0.572. The molecule has 1 aromatic rings. The van der Waals surface area contributed by atoms with E-state index < -0.39 is 11.5 Å². The van der Waals surface area contributed by atoms with Crippen molar-refractivity contribution in [2.75, 3.05) is 6.54 Å². The predicted molar refractivity (Wildman–Crippen MR) is 78.3 cm³/mol. The molecule has 1 atom stereocenters. The molecule has 21 heavy (non-hydrogen) atoms. The molecule has 2 aliphatic rings. The number of amides is 1. The van der Waals surface area contributed by atoms with E-state index in [1.807, 2.05) is 6.07 Å². The van der Waals surface area contributed by atoms with E-state index in [4.69, 9.17) is 0 Å². The first-order valence-electron chi connectivity index (χ1n) is 7.84. The normalized spacial score (nSPS) is 22.0. The first kappa shape index (κ1) is 14.5. The molecule has 2 saturated carbocycles. The van der Waals surface area contributed by atoms with Crippen molar-refractivity contribution in [3.63, 3.8) is 0 Å². The van der Waals surface area contributed by atoms with Crippen molar-refractivity contribution in [3.05, 3.63) is 35.6 Å². The first-order chi connectivity index (χ1) is 10.1. The van der Waals surface area contributed by atoms with Gasteiger partial charge in [0, 0.05) is 6.54 Å². The van der Waals surface area contributed by atoms with Crippen LogP contribution in [0.15, 0.2) is 24.3 Å². The van der Waals surface area contributed by atoms with Crippen LogP contribution in [-0.2, 0) is 10.2 Å². The molecule has 1 amide bonds. The number of hydrogen-bond donors (Lipinski definition) is 2. The summed E-state index contributed by atoms with van der Waals surface area (Å²) in [5.74, 6) is -0.0719. The molecule has 0 aliphatic heterocycles. The lowest BCUT2D eigenvalue weighted by Crippen LogP contribution is -2.41. The zero-order valence-electron chi connectivity index (χ0n) is 12.1. The van der Waals surface area contributed by atoms with E-state index in [2.05, 4.69) is 5.32 Å². The van der Waals surface area contributed by atoms with Gasteiger partial charge in [-0.25, -0.2) is 4.39 Å². The summed E-state index contributed by atoms with van der Waals surface area (Å²) in [5.41, 5.74) is 0.174. The molecule has 0 heterocycles. The lowest BCUT2D eigenvalue weighted by atomic mass is 9.94. The number of aliphatic hydroxyl groups excluding tert-OH is 1. The van der Waals surface area contributed by atoms with Crippen LogP contribution < -0.4 is 5.32 Å². The number of hydrogen-bond acceptors (Lipinski definition) is 2. The Morgan fingerprint density at radius 3 is 2.71 bits per heavy atom. The van der Waals surface area contributed by atoms with Crippen molar-refractivity contribution in [3.8, 4) is 0 Å². The van der Waals surface area contributed by atoms with Crippen LogP contribution in [0.1, 0.15) is 44.1 Å². The highest BCUT2D eigenvalue weighted by Gasteiger charge is 2.51.